The van der Waals surface area contributed by atoms with E-state index < -0.39 is 46.2 Å². The van der Waals surface area contributed by atoms with E-state index in [2.05, 4.69) is 0 Å². The maximum Gasteiger partial charge on any atom is 0.329 e. The van der Waals surface area contributed by atoms with E-state index in [4.69, 9.17) is 10.2 Å². The van der Waals surface area contributed by atoms with Crippen molar-refractivity contribution in [1.29, 1.82) is 0 Å². The van der Waals surface area contributed by atoms with Crippen LogP contribution in [0.4, 0.5) is 13.2 Å². The second-order valence-electron chi connectivity index (χ2n) is 4.80. The van der Waals surface area contributed by atoms with Crippen molar-refractivity contribution < 1.29 is 33.0 Å². The fourth-order valence-corrected chi connectivity index (χ4v) is 1.80. The van der Waals surface area contributed by atoms with Gasteiger partial charge in [0.2, 0.25) is 5.82 Å². The van der Waals surface area contributed by atoms with Gasteiger partial charge in [0.15, 0.2) is 17.4 Å². The average Bonchev–Trinajstić information content (AvgIpc) is 2.40. The molecule has 0 atom stereocenters. The number of nitrogens with zero attached hydrogens (tertiary/aromatic N) is 1. The summed E-state index contributed by atoms with van der Waals surface area (Å²) in [6, 6.07) is 0.285. The van der Waals surface area contributed by atoms with Gasteiger partial charge in [-0.3, -0.25) is 4.79 Å². The Morgan fingerprint density at radius 1 is 1.24 bits per heavy atom. The second kappa shape index (κ2) is 5.63. The topological polar surface area (TPSA) is 77.8 Å². The molecule has 0 spiro atoms. The minimum absolute atomic E-state index is 0.114. The monoisotopic (exact) mass is 305 g/mol. The lowest BCUT2D eigenvalue weighted by atomic mass is 10.0. The largest absolute Gasteiger partial charge is 0.503 e. The number of hydrogen-bond acceptors (Lipinski definition) is 3. The number of aromatic hydroxyl groups is 1. The molecule has 5 nitrogen and oxygen atoms in total. The van der Waals surface area contributed by atoms with E-state index in [0.717, 1.165) is 4.90 Å². The zero-order valence-corrected chi connectivity index (χ0v) is 11.6. The lowest BCUT2D eigenvalue weighted by Gasteiger charge is -2.34. The van der Waals surface area contributed by atoms with Crippen LogP contribution in [0.3, 0.4) is 0 Å². The predicted molar refractivity (Wildman–Crippen MR) is 66.4 cm³/mol. The highest BCUT2D eigenvalue weighted by Gasteiger charge is 2.38. The van der Waals surface area contributed by atoms with Crippen LogP contribution in [0.1, 0.15) is 31.1 Å². The third kappa shape index (κ3) is 2.79. The quantitative estimate of drug-likeness (QED) is 0.835. The molecule has 1 aromatic rings. The van der Waals surface area contributed by atoms with E-state index in [1.807, 2.05) is 0 Å². The smallest absolute Gasteiger partial charge is 0.329 e. The van der Waals surface area contributed by atoms with Gasteiger partial charge in [-0.15, -0.1) is 0 Å². The lowest BCUT2D eigenvalue weighted by Crippen LogP contribution is -2.53. The molecule has 0 unspecified atom stereocenters. The summed E-state index contributed by atoms with van der Waals surface area (Å²) in [6.07, 6.45) is 0. The average molecular weight is 305 g/mol. The number of aliphatic carboxylic acids is 1. The van der Waals surface area contributed by atoms with Gasteiger partial charge in [0.05, 0.1) is 5.56 Å². The van der Waals surface area contributed by atoms with Crippen molar-refractivity contribution in [3.63, 3.8) is 0 Å². The summed E-state index contributed by atoms with van der Waals surface area (Å²) in [5.41, 5.74) is -2.64. The number of carbonyl (C=O) groups excluding carboxylic acids is 1. The minimum atomic E-state index is -1.82. The molecule has 0 aliphatic carbocycles. The van der Waals surface area contributed by atoms with Gasteiger partial charge in [0.25, 0.3) is 5.91 Å². The van der Waals surface area contributed by atoms with E-state index in [-0.39, 0.29) is 12.6 Å². The molecule has 0 heterocycles. The van der Waals surface area contributed by atoms with Crippen molar-refractivity contribution in [2.24, 2.45) is 0 Å². The summed E-state index contributed by atoms with van der Waals surface area (Å²) in [7, 11) is 0. The zero-order chi connectivity index (χ0) is 16.5. The Morgan fingerprint density at radius 2 is 1.76 bits per heavy atom. The molecule has 0 radical (unpaired) electrons. The van der Waals surface area contributed by atoms with E-state index in [1.54, 1.807) is 0 Å². The Kier molecular flexibility index (Phi) is 4.50. The van der Waals surface area contributed by atoms with Gasteiger partial charge in [-0.25, -0.2) is 13.6 Å². The lowest BCUT2D eigenvalue weighted by molar-refractivity contribution is -0.147. The van der Waals surface area contributed by atoms with Gasteiger partial charge in [0.1, 0.15) is 5.54 Å². The fraction of sp³-hybridized carbons (Fsp3) is 0.385. The maximum atomic E-state index is 13.7. The molecule has 21 heavy (non-hydrogen) atoms. The summed E-state index contributed by atoms with van der Waals surface area (Å²) in [5, 5.41) is 18.2. The van der Waals surface area contributed by atoms with Crippen LogP contribution < -0.4 is 0 Å². The van der Waals surface area contributed by atoms with Crippen LogP contribution in [0.5, 0.6) is 5.75 Å². The summed E-state index contributed by atoms with van der Waals surface area (Å²) in [5.74, 6) is -9.21. The number of benzene rings is 1. The Labute approximate surface area is 118 Å². The number of rotatable bonds is 4. The third-order valence-electron chi connectivity index (χ3n) is 3.12. The standard InChI is InChI=1S/C13H14F3NO4/c1-4-17(13(2,3)12(20)21)11(19)6-5-7(14)9(16)10(18)8(6)15/h5,18H,4H2,1-3H3,(H,20,21). The number of phenolic OH excluding ortho intramolecular Hbond substituents is 1. The summed E-state index contributed by atoms with van der Waals surface area (Å²) in [4.78, 5) is 24.1. The number of hydrogen-bond donors (Lipinski definition) is 2. The van der Waals surface area contributed by atoms with Crippen LogP contribution in [0.15, 0.2) is 6.07 Å². The van der Waals surface area contributed by atoms with E-state index in [0.29, 0.717) is 0 Å². The van der Waals surface area contributed by atoms with Gasteiger partial charge in [-0.1, -0.05) is 0 Å². The molecule has 0 fully saturated rings. The molecule has 0 aromatic heterocycles. The van der Waals surface area contributed by atoms with Crippen molar-refractivity contribution in [3.05, 3.63) is 29.1 Å². The van der Waals surface area contributed by atoms with Crippen molar-refractivity contribution in [2.75, 3.05) is 6.54 Å². The van der Waals surface area contributed by atoms with Crippen LogP contribution in [-0.2, 0) is 4.79 Å². The molecular weight excluding hydrogens is 291 g/mol. The number of phenols is 1. The highest BCUT2D eigenvalue weighted by Crippen LogP contribution is 2.28. The van der Waals surface area contributed by atoms with Crippen molar-refractivity contribution in [3.8, 4) is 5.75 Å². The Hall–Kier alpha value is -2.25. The van der Waals surface area contributed by atoms with Gasteiger partial charge in [0, 0.05) is 6.54 Å². The first kappa shape index (κ1) is 16.8. The normalized spacial score (nSPS) is 11.3. The minimum Gasteiger partial charge on any atom is -0.503 e. The number of likely N-dealkylation sites (N-methyl/N-ethyl adjacent to an activating group) is 1. The molecule has 0 aliphatic rings. The maximum absolute atomic E-state index is 13.7. The molecule has 0 saturated heterocycles. The number of halogens is 3. The fourth-order valence-electron chi connectivity index (χ4n) is 1.80. The highest BCUT2D eigenvalue weighted by atomic mass is 19.2. The van der Waals surface area contributed by atoms with E-state index in [1.165, 1.54) is 20.8 Å². The number of carboxylic acid groups (broad SMARTS) is 1. The van der Waals surface area contributed by atoms with Crippen LogP contribution in [0.25, 0.3) is 0 Å². The molecular formula is C13H14F3NO4. The molecule has 2 N–H and O–H groups in total. The number of carbonyl (C=O) groups is 2. The molecule has 0 bridgehead atoms. The van der Waals surface area contributed by atoms with Crippen LogP contribution in [0.2, 0.25) is 0 Å². The van der Waals surface area contributed by atoms with Crippen molar-refractivity contribution in [1.82, 2.24) is 4.90 Å². The SMILES string of the molecule is CCN(C(=O)c1cc(F)c(F)c(O)c1F)C(C)(C)C(=O)O. The van der Waals surface area contributed by atoms with Gasteiger partial charge in [-0.05, 0) is 26.8 Å². The molecule has 0 saturated carbocycles. The zero-order valence-electron chi connectivity index (χ0n) is 11.6. The molecule has 0 aliphatic heterocycles. The van der Waals surface area contributed by atoms with Crippen LogP contribution in [-0.4, -0.2) is 39.1 Å². The highest BCUT2D eigenvalue weighted by molar-refractivity contribution is 5.98. The Morgan fingerprint density at radius 3 is 2.19 bits per heavy atom. The number of carboxylic acids is 1. The first-order valence-electron chi connectivity index (χ1n) is 5.97. The Bertz CT molecular complexity index is 602. The van der Waals surface area contributed by atoms with Crippen LogP contribution >= 0.6 is 0 Å². The van der Waals surface area contributed by atoms with Crippen molar-refractivity contribution >= 4 is 11.9 Å². The summed E-state index contributed by atoms with van der Waals surface area (Å²) >= 11 is 0. The molecule has 8 heteroatoms. The van der Waals surface area contributed by atoms with E-state index in [9.17, 15) is 22.8 Å². The van der Waals surface area contributed by atoms with Crippen molar-refractivity contribution in [2.45, 2.75) is 26.3 Å². The third-order valence-corrected chi connectivity index (χ3v) is 3.12. The first-order chi connectivity index (χ1) is 9.55. The second-order valence-corrected chi connectivity index (χ2v) is 4.80. The Balaban J connectivity index is 3.40. The number of amides is 1. The molecule has 116 valence electrons. The van der Waals surface area contributed by atoms with Crippen LogP contribution in [0, 0.1) is 17.5 Å². The van der Waals surface area contributed by atoms with Gasteiger partial charge >= 0.3 is 5.97 Å². The summed E-state index contributed by atoms with van der Waals surface area (Å²) < 4.78 is 39.9. The van der Waals surface area contributed by atoms with Gasteiger partial charge in [-0.2, -0.15) is 4.39 Å². The molecule has 1 rings (SSSR count). The van der Waals surface area contributed by atoms with E-state index >= 15 is 0 Å². The van der Waals surface area contributed by atoms with Gasteiger partial charge < -0.3 is 15.1 Å². The molecule has 1 aromatic carbocycles. The summed E-state index contributed by atoms with van der Waals surface area (Å²) in [6.45, 7) is 3.74. The molecule has 1 amide bonds. The first-order valence-corrected chi connectivity index (χ1v) is 5.97. The predicted octanol–water partition coefficient (Wildman–Crippen LogP) is 2.13.